The number of carbonyl (C=O) groups is 1. The van der Waals surface area contributed by atoms with Gasteiger partial charge in [-0.15, -0.1) is 0 Å². The van der Waals surface area contributed by atoms with Gasteiger partial charge < -0.3 is 10.6 Å². The van der Waals surface area contributed by atoms with Crippen LogP contribution in [0.5, 0.6) is 0 Å². The summed E-state index contributed by atoms with van der Waals surface area (Å²) in [6, 6.07) is 37.6. The van der Waals surface area contributed by atoms with Crippen molar-refractivity contribution in [2.75, 3.05) is 5.32 Å². The Bertz CT molecular complexity index is 1200. The minimum absolute atomic E-state index is 0.0926. The smallest absolute Gasteiger partial charge is 0.255 e. The fraction of sp³-hybridized carbons (Fsp3) is 0.167. The van der Waals surface area contributed by atoms with E-state index >= 15 is 0 Å². The minimum Gasteiger partial charge on any atom is -0.322 e. The first-order chi connectivity index (χ1) is 16.2. The zero-order chi connectivity index (χ0) is 22.6. The van der Waals surface area contributed by atoms with Gasteiger partial charge in [-0.3, -0.25) is 4.79 Å². The van der Waals surface area contributed by atoms with Crippen molar-refractivity contribution in [3.63, 3.8) is 0 Å². The zero-order valence-electron chi connectivity index (χ0n) is 18.7. The second kappa shape index (κ2) is 9.43. The van der Waals surface area contributed by atoms with E-state index in [0.29, 0.717) is 23.6 Å². The third-order valence-corrected chi connectivity index (χ3v) is 6.41. The summed E-state index contributed by atoms with van der Waals surface area (Å²) >= 11 is 0. The molecule has 1 amide bonds. The maximum atomic E-state index is 12.7. The maximum absolute atomic E-state index is 12.7. The van der Waals surface area contributed by atoms with Gasteiger partial charge >= 0.3 is 0 Å². The molecule has 33 heavy (non-hydrogen) atoms. The highest BCUT2D eigenvalue weighted by molar-refractivity contribution is 6.04. The number of nitrogens with one attached hydrogen (secondary N) is 2. The molecule has 0 radical (unpaired) electrons. The monoisotopic (exact) mass is 432 g/mol. The van der Waals surface area contributed by atoms with Crippen LogP contribution in [0, 0.1) is 0 Å². The quantitative estimate of drug-likeness (QED) is 0.337. The lowest BCUT2D eigenvalue weighted by molar-refractivity contribution is 0.102. The molecular formula is C30H28N2O. The van der Waals surface area contributed by atoms with E-state index in [0.717, 1.165) is 23.2 Å². The molecule has 0 saturated heterocycles. The van der Waals surface area contributed by atoms with E-state index in [2.05, 4.69) is 72.2 Å². The lowest BCUT2D eigenvalue weighted by Crippen LogP contribution is -2.22. The summed E-state index contributed by atoms with van der Waals surface area (Å²) in [5, 5.41) is 6.75. The van der Waals surface area contributed by atoms with Gasteiger partial charge in [0.05, 0.1) is 0 Å². The Kier molecular flexibility index (Phi) is 6.05. The molecule has 0 bridgehead atoms. The lowest BCUT2D eigenvalue weighted by atomic mass is 10.0. The normalized spacial score (nSPS) is 17.8. The van der Waals surface area contributed by atoms with Gasteiger partial charge in [-0.25, -0.2) is 0 Å². The molecule has 3 unspecified atom stereocenters. The molecule has 1 aliphatic rings. The van der Waals surface area contributed by atoms with Crippen LogP contribution in [0.2, 0.25) is 0 Å². The predicted molar refractivity (Wildman–Crippen MR) is 135 cm³/mol. The summed E-state index contributed by atoms with van der Waals surface area (Å²) in [4.78, 5) is 12.7. The van der Waals surface area contributed by atoms with Crippen LogP contribution in [0.15, 0.2) is 109 Å². The van der Waals surface area contributed by atoms with Crippen molar-refractivity contribution in [3.8, 4) is 11.1 Å². The standard InChI is InChI=1S/C30H28N2O/c1-21(22-8-4-2-5-9-22)31-29-20-28(29)25-16-18-27(19-17-25)32-30(33)26-14-12-24(13-15-26)23-10-6-3-7-11-23/h2-19,21,28-29,31H,20H2,1H3,(H,32,33). The molecule has 3 nitrogen and oxygen atoms in total. The first-order valence-electron chi connectivity index (χ1n) is 11.6. The number of hydrogen-bond acceptors (Lipinski definition) is 2. The van der Waals surface area contributed by atoms with Crippen molar-refractivity contribution in [1.29, 1.82) is 0 Å². The maximum Gasteiger partial charge on any atom is 0.255 e. The molecular weight excluding hydrogens is 404 g/mol. The van der Waals surface area contributed by atoms with Crippen molar-refractivity contribution in [3.05, 3.63) is 126 Å². The largest absolute Gasteiger partial charge is 0.322 e. The zero-order valence-corrected chi connectivity index (χ0v) is 18.7. The van der Waals surface area contributed by atoms with Crippen LogP contribution < -0.4 is 10.6 Å². The molecule has 3 atom stereocenters. The molecule has 5 rings (SSSR count). The van der Waals surface area contributed by atoms with Crippen molar-refractivity contribution < 1.29 is 4.79 Å². The van der Waals surface area contributed by atoms with Crippen LogP contribution in [-0.4, -0.2) is 11.9 Å². The summed E-state index contributed by atoms with van der Waals surface area (Å²) in [6.07, 6.45) is 1.15. The Morgan fingerprint density at radius 2 is 1.36 bits per heavy atom. The number of anilines is 1. The highest BCUT2D eigenvalue weighted by atomic mass is 16.1. The van der Waals surface area contributed by atoms with Gasteiger partial charge in [-0.1, -0.05) is 84.9 Å². The highest BCUT2D eigenvalue weighted by Gasteiger charge is 2.38. The second-order valence-electron chi connectivity index (χ2n) is 8.77. The van der Waals surface area contributed by atoms with Gasteiger partial charge in [0, 0.05) is 29.3 Å². The molecule has 164 valence electrons. The molecule has 0 heterocycles. The molecule has 0 spiro atoms. The molecule has 4 aromatic rings. The van der Waals surface area contributed by atoms with E-state index in [-0.39, 0.29) is 5.91 Å². The lowest BCUT2D eigenvalue weighted by Gasteiger charge is -2.14. The molecule has 1 fully saturated rings. The highest BCUT2D eigenvalue weighted by Crippen LogP contribution is 2.42. The van der Waals surface area contributed by atoms with E-state index in [1.807, 2.05) is 54.6 Å². The molecule has 2 N–H and O–H groups in total. The van der Waals surface area contributed by atoms with Crippen molar-refractivity contribution in [2.45, 2.75) is 31.3 Å². The van der Waals surface area contributed by atoms with Gasteiger partial charge in [0.1, 0.15) is 0 Å². The summed E-state index contributed by atoms with van der Waals surface area (Å²) in [5.41, 5.74) is 6.35. The Morgan fingerprint density at radius 3 is 2.03 bits per heavy atom. The Labute approximate surface area is 195 Å². The van der Waals surface area contributed by atoms with Crippen LogP contribution in [0.3, 0.4) is 0 Å². The number of rotatable bonds is 7. The molecule has 3 heteroatoms. The van der Waals surface area contributed by atoms with E-state index in [1.165, 1.54) is 11.1 Å². The molecule has 0 aromatic heterocycles. The predicted octanol–water partition coefficient (Wildman–Crippen LogP) is 6.81. The van der Waals surface area contributed by atoms with E-state index in [1.54, 1.807) is 0 Å². The van der Waals surface area contributed by atoms with Crippen LogP contribution in [0.25, 0.3) is 11.1 Å². The molecule has 4 aromatic carbocycles. The van der Waals surface area contributed by atoms with E-state index < -0.39 is 0 Å². The fourth-order valence-corrected chi connectivity index (χ4v) is 4.37. The van der Waals surface area contributed by atoms with Crippen LogP contribution in [-0.2, 0) is 0 Å². The second-order valence-corrected chi connectivity index (χ2v) is 8.77. The van der Waals surface area contributed by atoms with Gasteiger partial charge in [-0.05, 0) is 59.9 Å². The Balaban J connectivity index is 1.16. The molecule has 1 saturated carbocycles. The number of benzene rings is 4. The summed E-state index contributed by atoms with van der Waals surface area (Å²) < 4.78 is 0. The minimum atomic E-state index is -0.0926. The SMILES string of the molecule is CC(NC1CC1c1ccc(NC(=O)c2ccc(-c3ccccc3)cc2)cc1)c1ccccc1. The van der Waals surface area contributed by atoms with Crippen molar-refractivity contribution in [1.82, 2.24) is 5.32 Å². The first kappa shape index (κ1) is 21.2. The topological polar surface area (TPSA) is 41.1 Å². The first-order valence-corrected chi connectivity index (χ1v) is 11.6. The fourth-order valence-electron chi connectivity index (χ4n) is 4.37. The van der Waals surface area contributed by atoms with Gasteiger partial charge in [0.15, 0.2) is 0 Å². The van der Waals surface area contributed by atoms with Crippen LogP contribution in [0.1, 0.15) is 46.8 Å². The average molecular weight is 433 g/mol. The van der Waals surface area contributed by atoms with Gasteiger partial charge in [0.2, 0.25) is 0 Å². The van der Waals surface area contributed by atoms with Crippen molar-refractivity contribution >= 4 is 11.6 Å². The third-order valence-electron chi connectivity index (χ3n) is 6.41. The van der Waals surface area contributed by atoms with Gasteiger partial charge in [-0.2, -0.15) is 0 Å². The Hall–Kier alpha value is -3.69. The van der Waals surface area contributed by atoms with Crippen molar-refractivity contribution in [2.24, 2.45) is 0 Å². The molecule has 1 aliphatic carbocycles. The summed E-state index contributed by atoms with van der Waals surface area (Å²) in [6.45, 7) is 2.22. The summed E-state index contributed by atoms with van der Waals surface area (Å²) in [5.74, 6) is 0.441. The number of amides is 1. The molecule has 0 aliphatic heterocycles. The number of hydrogen-bond donors (Lipinski definition) is 2. The van der Waals surface area contributed by atoms with Crippen LogP contribution >= 0.6 is 0 Å². The van der Waals surface area contributed by atoms with Gasteiger partial charge in [0.25, 0.3) is 5.91 Å². The summed E-state index contributed by atoms with van der Waals surface area (Å²) in [7, 11) is 0. The van der Waals surface area contributed by atoms with E-state index in [4.69, 9.17) is 0 Å². The van der Waals surface area contributed by atoms with Crippen LogP contribution in [0.4, 0.5) is 5.69 Å². The number of carbonyl (C=O) groups excluding carboxylic acids is 1. The third kappa shape index (κ3) is 5.05. The van der Waals surface area contributed by atoms with E-state index in [9.17, 15) is 4.79 Å². The average Bonchev–Trinajstić information content (AvgIpc) is 3.64. The Morgan fingerprint density at radius 1 is 0.758 bits per heavy atom.